The maximum atomic E-state index is 15.4. The van der Waals surface area contributed by atoms with Crippen LogP contribution in [0.25, 0.3) is 0 Å². The van der Waals surface area contributed by atoms with E-state index in [9.17, 15) is 39.0 Å². The molecule has 0 heterocycles. The van der Waals surface area contributed by atoms with Crippen LogP contribution in [0.3, 0.4) is 0 Å². The van der Waals surface area contributed by atoms with Crippen LogP contribution in [0.2, 0.25) is 0 Å². The minimum atomic E-state index is -2.86. The summed E-state index contributed by atoms with van der Waals surface area (Å²) in [6.07, 6.45) is -0.365. The highest BCUT2D eigenvalue weighted by molar-refractivity contribution is 6.32. The van der Waals surface area contributed by atoms with Gasteiger partial charge < -0.3 is 26.6 Å². The number of Topliss-reactive ketones (excluding diaryl/α,β-unsaturated/α-hetero) is 4. The number of primary amides is 1. The van der Waals surface area contributed by atoms with Gasteiger partial charge in [0.1, 0.15) is 11.6 Å². The zero-order valence-electron chi connectivity index (χ0n) is 23.5. The van der Waals surface area contributed by atoms with Crippen molar-refractivity contribution in [3.8, 4) is 5.75 Å². The average Bonchev–Trinajstić information content (AvgIpc) is 2.85. The smallest absolute Gasteiger partial charge is 0.235 e. The number of aromatic hydroxyl groups is 1. The quantitative estimate of drug-likeness (QED) is 0.263. The number of ketones is 4. The summed E-state index contributed by atoms with van der Waals surface area (Å²) in [5.41, 5.74) is 1.40. The molecule has 2 unspecified atom stereocenters. The van der Waals surface area contributed by atoms with Gasteiger partial charge in [0.15, 0.2) is 34.7 Å². The number of amides is 2. The topological polar surface area (TPSA) is 196 Å². The Morgan fingerprint density at radius 2 is 1.80 bits per heavy atom. The number of hydrogen-bond acceptors (Lipinski definition) is 10. The molecule has 12 nitrogen and oxygen atoms in total. The number of carbonyl (C=O) groups is 6. The van der Waals surface area contributed by atoms with Crippen LogP contribution in [0.4, 0.5) is 4.39 Å². The number of phenols is 1. The van der Waals surface area contributed by atoms with Gasteiger partial charge in [-0.15, -0.1) is 0 Å². The van der Waals surface area contributed by atoms with Gasteiger partial charge in [-0.3, -0.25) is 33.7 Å². The average molecular weight is 575 g/mol. The first kappa shape index (κ1) is 30.4. The van der Waals surface area contributed by atoms with Crippen molar-refractivity contribution < 1.29 is 43.4 Å². The fraction of sp³-hybridized carbons (Fsp3) is 0.571. The predicted octanol–water partition coefficient (Wildman–Crippen LogP) is -0.990. The van der Waals surface area contributed by atoms with E-state index in [4.69, 9.17) is 5.73 Å². The van der Waals surface area contributed by atoms with E-state index in [0.29, 0.717) is 0 Å². The van der Waals surface area contributed by atoms with Crippen molar-refractivity contribution in [2.75, 3.05) is 20.6 Å². The molecule has 0 radical (unpaired) electrons. The summed E-state index contributed by atoms with van der Waals surface area (Å²) < 4.78 is 15.4. The largest absolute Gasteiger partial charge is 0.507 e. The summed E-state index contributed by atoms with van der Waals surface area (Å²) in [4.78, 5) is 79.6. The van der Waals surface area contributed by atoms with Crippen LogP contribution in [0.1, 0.15) is 48.7 Å². The van der Waals surface area contributed by atoms with Crippen LogP contribution in [0, 0.1) is 29.5 Å². The minimum Gasteiger partial charge on any atom is -0.507 e. The minimum absolute atomic E-state index is 0.0502. The Morgan fingerprint density at radius 1 is 1.17 bits per heavy atom. The molecule has 3 aliphatic carbocycles. The van der Waals surface area contributed by atoms with Gasteiger partial charge in [-0.2, -0.15) is 0 Å². The van der Waals surface area contributed by atoms with Gasteiger partial charge in [0.25, 0.3) is 0 Å². The van der Waals surface area contributed by atoms with Crippen molar-refractivity contribution in [1.29, 1.82) is 0 Å². The zero-order valence-corrected chi connectivity index (χ0v) is 23.5. The maximum absolute atomic E-state index is 15.4. The molecule has 222 valence electrons. The van der Waals surface area contributed by atoms with Gasteiger partial charge in [-0.1, -0.05) is 0 Å². The van der Waals surface area contributed by atoms with Crippen LogP contribution in [-0.2, 0) is 36.9 Å². The van der Waals surface area contributed by atoms with E-state index in [1.54, 1.807) is 0 Å². The highest BCUT2D eigenvalue weighted by Crippen LogP contribution is 2.51. The van der Waals surface area contributed by atoms with Gasteiger partial charge in [0, 0.05) is 29.1 Å². The summed E-state index contributed by atoms with van der Waals surface area (Å²) in [6, 6.07) is -0.234. The first-order valence-corrected chi connectivity index (χ1v) is 13.3. The number of hydrogen-bond donors (Lipinski definition) is 5. The standard InChI is InChI=1S/C28H35FN4O8/c1-27(2,3)32-10-16(34)31-9-12-8-15(29)13-6-11-7-14-20(33(4)5)23(37)19(26(30)40)25(39)28(14,41)24(38)17(11)22(36)18(13)21(12)35/h8,11,14,17,19-20,32,35,41H,6-7,9-10H2,1-5H3,(H2,30,40)(H,31,34)/t11-,14-,17?,19?,20-,28-/m0/s1. The van der Waals surface area contributed by atoms with Crippen molar-refractivity contribution >= 4 is 34.9 Å². The summed E-state index contributed by atoms with van der Waals surface area (Å²) in [7, 11) is 2.96. The molecule has 0 bridgehead atoms. The Hall–Kier alpha value is -3.55. The van der Waals surface area contributed by atoms with Crippen molar-refractivity contribution in [1.82, 2.24) is 15.5 Å². The number of halogens is 1. The molecular formula is C28H35FN4O8. The second-order valence-corrected chi connectivity index (χ2v) is 12.4. The summed E-state index contributed by atoms with van der Waals surface area (Å²) in [5.74, 6) is -13.6. The molecule has 6 N–H and O–H groups in total. The molecule has 0 spiro atoms. The van der Waals surface area contributed by atoms with Crippen LogP contribution in [0.15, 0.2) is 6.07 Å². The van der Waals surface area contributed by atoms with Crippen LogP contribution in [-0.4, -0.2) is 87.9 Å². The molecule has 3 aliphatic rings. The molecule has 1 aromatic carbocycles. The molecule has 2 amide bonds. The van der Waals surface area contributed by atoms with Crippen LogP contribution in [0.5, 0.6) is 5.75 Å². The summed E-state index contributed by atoms with van der Waals surface area (Å²) in [6.45, 7) is 5.23. The molecule has 41 heavy (non-hydrogen) atoms. The highest BCUT2D eigenvalue weighted by Gasteiger charge is 2.69. The Labute approximate surface area is 235 Å². The van der Waals surface area contributed by atoms with Crippen molar-refractivity contribution in [3.05, 3.63) is 28.6 Å². The maximum Gasteiger partial charge on any atom is 0.235 e. The molecule has 2 fully saturated rings. The Balaban J connectivity index is 1.70. The lowest BCUT2D eigenvalue weighted by Crippen LogP contribution is -2.74. The molecule has 1 aromatic rings. The van der Waals surface area contributed by atoms with E-state index in [-0.39, 0.29) is 42.6 Å². The lowest BCUT2D eigenvalue weighted by atomic mass is 9.52. The predicted molar refractivity (Wildman–Crippen MR) is 141 cm³/mol. The molecule has 0 aromatic heterocycles. The molecule has 13 heteroatoms. The first-order valence-electron chi connectivity index (χ1n) is 13.3. The van der Waals surface area contributed by atoms with E-state index in [0.717, 1.165) is 6.07 Å². The molecule has 0 saturated heterocycles. The van der Waals surface area contributed by atoms with Gasteiger partial charge in [-0.05, 0) is 59.7 Å². The van der Waals surface area contributed by atoms with Crippen molar-refractivity contribution in [2.45, 2.75) is 57.3 Å². The fourth-order valence-electron chi connectivity index (χ4n) is 6.42. The third kappa shape index (κ3) is 4.95. The molecule has 6 atom stereocenters. The highest BCUT2D eigenvalue weighted by atomic mass is 19.1. The monoisotopic (exact) mass is 574 g/mol. The van der Waals surface area contributed by atoms with E-state index in [1.165, 1.54) is 19.0 Å². The van der Waals surface area contributed by atoms with Gasteiger partial charge in [-0.25, -0.2) is 4.39 Å². The molecule has 2 saturated carbocycles. The number of benzene rings is 1. The number of nitrogens with two attached hydrogens (primary N) is 1. The van der Waals surface area contributed by atoms with Crippen LogP contribution < -0.4 is 16.4 Å². The van der Waals surface area contributed by atoms with E-state index in [2.05, 4.69) is 10.6 Å². The van der Waals surface area contributed by atoms with E-state index < -0.39 is 87.4 Å². The third-order valence-electron chi connectivity index (χ3n) is 8.34. The van der Waals surface area contributed by atoms with E-state index >= 15 is 4.39 Å². The molecule has 4 rings (SSSR count). The number of aliphatic hydroxyl groups is 1. The molecule has 0 aliphatic heterocycles. The third-order valence-corrected chi connectivity index (χ3v) is 8.34. The zero-order chi connectivity index (χ0) is 30.8. The Morgan fingerprint density at radius 3 is 2.37 bits per heavy atom. The fourth-order valence-corrected chi connectivity index (χ4v) is 6.42. The van der Waals surface area contributed by atoms with Crippen molar-refractivity contribution in [2.24, 2.45) is 29.4 Å². The number of likely N-dealkylation sites (N-methyl/N-ethyl adjacent to an activating group) is 1. The lowest BCUT2D eigenvalue weighted by Gasteiger charge is -2.52. The van der Waals surface area contributed by atoms with Crippen molar-refractivity contribution in [3.63, 3.8) is 0 Å². The van der Waals surface area contributed by atoms with Gasteiger partial charge in [0.2, 0.25) is 11.8 Å². The SMILES string of the molecule is CN(C)[C@@H]1C(=O)C(C(N)=O)C(=O)[C@@]2(O)C(=O)C3C(=O)c4c(O)c(CNC(=O)CNC(C)(C)C)cc(F)c4C[C@H]3C[C@@H]12. The lowest BCUT2D eigenvalue weighted by molar-refractivity contribution is -0.181. The first-order chi connectivity index (χ1) is 18.9. The number of fused-ring (bicyclic) bond motifs is 3. The van der Waals surface area contributed by atoms with Gasteiger partial charge in [0.05, 0.1) is 24.1 Å². The normalized spacial score (nSPS) is 29.6. The number of nitrogens with one attached hydrogen (secondary N) is 2. The van der Waals surface area contributed by atoms with Crippen LogP contribution >= 0.6 is 0 Å². The number of phenolic OH excluding ortho intramolecular Hbond substituents is 1. The Bertz CT molecular complexity index is 1370. The summed E-state index contributed by atoms with van der Waals surface area (Å²) >= 11 is 0. The summed E-state index contributed by atoms with van der Waals surface area (Å²) in [5, 5.41) is 28.1. The second kappa shape index (κ2) is 10.4. The number of rotatable bonds is 6. The van der Waals surface area contributed by atoms with Gasteiger partial charge >= 0.3 is 0 Å². The van der Waals surface area contributed by atoms with E-state index in [1.807, 2.05) is 20.8 Å². The number of nitrogens with zero attached hydrogens (tertiary/aromatic N) is 1. The number of carbonyl (C=O) groups excluding carboxylic acids is 6. The Kier molecular flexibility index (Phi) is 7.69. The second-order valence-electron chi connectivity index (χ2n) is 12.4. The molecular weight excluding hydrogens is 539 g/mol.